The number of nitrogens with zero attached hydrogens (tertiary/aromatic N) is 1. The molecule has 0 aromatic heterocycles. The van der Waals surface area contributed by atoms with Crippen molar-refractivity contribution in [3.63, 3.8) is 0 Å². The lowest BCUT2D eigenvalue weighted by molar-refractivity contribution is -0.147. The molecule has 100 valence electrons. The molecular formula is C13H14N2O4. The molecule has 2 rings (SSSR count). The highest BCUT2D eigenvalue weighted by atomic mass is 16.5. The van der Waals surface area contributed by atoms with E-state index in [4.69, 9.17) is 10.5 Å². The number of fused-ring (bicyclic) bond motifs is 1. The van der Waals surface area contributed by atoms with Crippen LogP contribution in [0.15, 0.2) is 18.2 Å². The van der Waals surface area contributed by atoms with Crippen molar-refractivity contribution < 1.29 is 19.1 Å². The lowest BCUT2D eigenvalue weighted by atomic mass is 10.1. The highest BCUT2D eigenvalue weighted by molar-refractivity contribution is 6.22. The summed E-state index contributed by atoms with van der Waals surface area (Å²) in [5, 5.41) is 0. The molecule has 1 heterocycles. The largest absolute Gasteiger partial charge is 0.462 e. The van der Waals surface area contributed by atoms with E-state index in [9.17, 15) is 14.4 Å². The molecule has 1 aromatic carbocycles. The Morgan fingerprint density at radius 3 is 2.53 bits per heavy atom. The molecule has 6 heteroatoms. The van der Waals surface area contributed by atoms with Crippen LogP contribution in [0.1, 0.15) is 34.6 Å². The number of carbonyl (C=O) groups is 3. The van der Waals surface area contributed by atoms with Crippen molar-refractivity contribution in [3.8, 4) is 0 Å². The summed E-state index contributed by atoms with van der Waals surface area (Å²) in [6.07, 6.45) is -0.293. The molecule has 0 atom stereocenters. The first-order valence-electron chi connectivity index (χ1n) is 5.85. The van der Waals surface area contributed by atoms with Gasteiger partial charge in [-0.25, -0.2) is 0 Å². The molecule has 1 aliphatic rings. The van der Waals surface area contributed by atoms with Gasteiger partial charge < -0.3 is 10.5 Å². The molecule has 0 radical (unpaired) electrons. The summed E-state index contributed by atoms with van der Waals surface area (Å²) in [5.41, 5.74) is 6.46. The van der Waals surface area contributed by atoms with E-state index in [-0.39, 0.29) is 23.8 Å². The van der Waals surface area contributed by atoms with E-state index in [1.54, 1.807) is 19.9 Å². The Bertz CT molecular complexity index is 566. The van der Waals surface area contributed by atoms with Gasteiger partial charge in [-0.1, -0.05) is 0 Å². The van der Waals surface area contributed by atoms with Gasteiger partial charge in [0, 0.05) is 5.69 Å². The van der Waals surface area contributed by atoms with E-state index < -0.39 is 17.8 Å². The van der Waals surface area contributed by atoms with Crippen molar-refractivity contribution in [2.45, 2.75) is 20.0 Å². The molecule has 0 fully saturated rings. The molecule has 2 N–H and O–H groups in total. The van der Waals surface area contributed by atoms with Crippen LogP contribution in [0.3, 0.4) is 0 Å². The van der Waals surface area contributed by atoms with E-state index in [1.165, 1.54) is 12.1 Å². The first kappa shape index (κ1) is 13.1. The van der Waals surface area contributed by atoms with Crippen LogP contribution in [-0.4, -0.2) is 35.3 Å². The van der Waals surface area contributed by atoms with Gasteiger partial charge in [0.1, 0.15) is 6.54 Å². The van der Waals surface area contributed by atoms with Crippen LogP contribution in [-0.2, 0) is 9.53 Å². The van der Waals surface area contributed by atoms with Crippen molar-refractivity contribution in [1.29, 1.82) is 0 Å². The highest BCUT2D eigenvalue weighted by Gasteiger charge is 2.37. The van der Waals surface area contributed by atoms with Crippen LogP contribution < -0.4 is 5.73 Å². The fourth-order valence-corrected chi connectivity index (χ4v) is 1.88. The van der Waals surface area contributed by atoms with Gasteiger partial charge in [0.05, 0.1) is 17.2 Å². The lowest BCUT2D eigenvalue weighted by Crippen LogP contribution is -2.36. The summed E-state index contributed by atoms with van der Waals surface area (Å²) in [5.74, 6) is -1.63. The van der Waals surface area contributed by atoms with Crippen LogP contribution in [0.25, 0.3) is 0 Å². The maximum absolute atomic E-state index is 12.0. The Morgan fingerprint density at radius 1 is 1.26 bits per heavy atom. The number of rotatable bonds is 3. The molecule has 1 aromatic rings. The molecule has 19 heavy (non-hydrogen) atoms. The molecule has 0 spiro atoms. The fraction of sp³-hybridized carbons (Fsp3) is 0.308. The molecule has 0 bridgehead atoms. The predicted molar refractivity (Wildman–Crippen MR) is 67.4 cm³/mol. The number of esters is 1. The van der Waals surface area contributed by atoms with E-state index in [0.29, 0.717) is 5.69 Å². The molecule has 2 amide bonds. The monoisotopic (exact) mass is 262 g/mol. The summed E-state index contributed by atoms with van der Waals surface area (Å²) >= 11 is 0. The fourth-order valence-electron chi connectivity index (χ4n) is 1.88. The Morgan fingerprint density at radius 2 is 1.89 bits per heavy atom. The average Bonchev–Trinajstić information content (AvgIpc) is 2.53. The van der Waals surface area contributed by atoms with E-state index in [1.807, 2.05) is 0 Å². The second-order valence-corrected chi connectivity index (χ2v) is 4.54. The number of amides is 2. The maximum Gasteiger partial charge on any atom is 0.326 e. The van der Waals surface area contributed by atoms with Crippen LogP contribution in [0, 0.1) is 0 Å². The Balaban J connectivity index is 2.21. The quantitative estimate of drug-likeness (QED) is 0.494. The SMILES string of the molecule is CC(C)OC(=O)CN1C(=O)c2ccc(N)cc2C1=O. The van der Waals surface area contributed by atoms with E-state index in [0.717, 1.165) is 4.90 Å². The zero-order valence-electron chi connectivity index (χ0n) is 10.7. The molecule has 0 saturated heterocycles. The molecular weight excluding hydrogens is 248 g/mol. The summed E-state index contributed by atoms with van der Waals surface area (Å²) in [6.45, 7) is 3.01. The van der Waals surface area contributed by atoms with E-state index in [2.05, 4.69) is 0 Å². The zero-order chi connectivity index (χ0) is 14.2. The third-order valence-corrected chi connectivity index (χ3v) is 2.65. The number of hydrogen-bond acceptors (Lipinski definition) is 5. The summed E-state index contributed by atoms with van der Waals surface area (Å²) in [7, 11) is 0. The molecule has 0 aliphatic carbocycles. The maximum atomic E-state index is 12.0. The lowest BCUT2D eigenvalue weighted by Gasteiger charge is -2.14. The van der Waals surface area contributed by atoms with Gasteiger partial charge >= 0.3 is 5.97 Å². The van der Waals surface area contributed by atoms with Gasteiger partial charge in [0.2, 0.25) is 0 Å². The van der Waals surface area contributed by atoms with Crippen LogP contribution >= 0.6 is 0 Å². The summed E-state index contributed by atoms with van der Waals surface area (Å²) in [4.78, 5) is 36.4. The summed E-state index contributed by atoms with van der Waals surface area (Å²) < 4.78 is 4.92. The third-order valence-electron chi connectivity index (χ3n) is 2.65. The number of carbonyl (C=O) groups excluding carboxylic acids is 3. The number of imide groups is 1. The Labute approximate surface area is 110 Å². The van der Waals surface area contributed by atoms with Gasteiger partial charge in [0.15, 0.2) is 0 Å². The number of nitrogens with two attached hydrogens (primary N) is 1. The zero-order valence-corrected chi connectivity index (χ0v) is 10.7. The summed E-state index contributed by atoms with van der Waals surface area (Å²) in [6, 6.07) is 4.46. The van der Waals surface area contributed by atoms with Crippen molar-refractivity contribution in [2.75, 3.05) is 12.3 Å². The second kappa shape index (κ2) is 4.72. The van der Waals surface area contributed by atoms with Crippen LogP contribution in [0.2, 0.25) is 0 Å². The molecule has 0 unspecified atom stereocenters. The van der Waals surface area contributed by atoms with Crippen molar-refractivity contribution in [3.05, 3.63) is 29.3 Å². The van der Waals surface area contributed by atoms with Crippen LogP contribution in [0.5, 0.6) is 0 Å². The number of anilines is 1. The number of ether oxygens (including phenoxy) is 1. The number of hydrogen-bond donors (Lipinski definition) is 1. The molecule has 1 aliphatic heterocycles. The minimum atomic E-state index is -0.613. The minimum Gasteiger partial charge on any atom is -0.462 e. The average molecular weight is 262 g/mol. The second-order valence-electron chi connectivity index (χ2n) is 4.54. The Hall–Kier alpha value is -2.37. The van der Waals surface area contributed by atoms with Gasteiger partial charge in [-0.05, 0) is 32.0 Å². The van der Waals surface area contributed by atoms with Crippen LogP contribution in [0.4, 0.5) is 5.69 Å². The third kappa shape index (κ3) is 2.42. The highest BCUT2D eigenvalue weighted by Crippen LogP contribution is 2.24. The van der Waals surface area contributed by atoms with Crippen molar-refractivity contribution in [1.82, 2.24) is 4.90 Å². The molecule has 6 nitrogen and oxygen atoms in total. The van der Waals surface area contributed by atoms with Gasteiger partial charge in [-0.2, -0.15) is 0 Å². The van der Waals surface area contributed by atoms with E-state index >= 15 is 0 Å². The minimum absolute atomic E-state index is 0.224. The van der Waals surface area contributed by atoms with Gasteiger partial charge in [-0.3, -0.25) is 19.3 Å². The first-order valence-corrected chi connectivity index (χ1v) is 5.85. The standard InChI is InChI=1S/C13H14N2O4/c1-7(2)19-11(16)6-15-12(17)9-4-3-8(14)5-10(9)13(15)18/h3-5,7H,6,14H2,1-2H3. The van der Waals surface area contributed by atoms with Crippen molar-refractivity contribution >= 4 is 23.5 Å². The van der Waals surface area contributed by atoms with Crippen molar-refractivity contribution in [2.24, 2.45) is 0 Å². The van der Waals surface area contributed by atoms with Gasteiger partial charge in [-0.15, -0.1) is 0 Å². The topological polar surface area (TPSA) is 89.7 Å². The number of benzene rings is 1. The Kier molecular flexibility index (Phi) is 3.25. The number of nitrogen functional groups attached to an aromatic ring is 1. The molecule has 0 saturated carbocycles. The predicted octanol–water partition coefficient (Wildman–Crippen LogP) is 0.816. The first-order chi connectivity index (χ1) is 8.90. The smallest absolute Gasteiger partial charge is 0.326 e. The van der Waals surface area contributed by atoms with Gasteiger partial charge in [0.25, 0.3) is 11.8 Å². The normalized spacial score (nSPS) is 13.9.